The molecule has 0 radical (unpaired) electrons. The number of sulfonamides is 1. The number of likely N-dealkylation sites (tertiary alicyclic amines) is 1. The number of carbonyl (C=O) groups excluding carboxylic acids is 2. The fourth-order valence-corrected chi connectivity index (χ4v) is 5.43. The van der Waals surface area contributed by atoms with Crippen molar-refractivity contribution in [1.29, 1.82) is 0 Å². The molecule has 0 aliphatic carbocycles. The number of primary amides is 1. The average Bonchev–Trinajstić information content (AvgIpc) is 2.68. The molecule has 2 heterocycles. The molecule has 2 fully saturated rings. The third-order valence-corrected chi connectivity index (χ3v) is 7.22. The third-order valence-electron chi connectivity index (χ3n) is 5.30. The third kappa shape index (κ3) is 3.76. The molecule has 0 spiro atoms. The number of nitrogens with zero attached hydrogens (tertiary/aromatic N) is 2. The Morgan fingerprint density at radius 2 is 1.62 bits per heavy atom. The van der Waals surface area contributed by atoms with Gasteiger partial charge in [0, 0.05) is 25.6 Å². The van der Waals surface area contributed by atoms with Gasteiger partial charge in [0.1, 0.15) is 6.04 Å². The van der Waals surface area contributed by atoms with E-state index in [4.69, 9.17) is 5.73 Å². The molecule has 1 aromatic carbocycles. The second kappa shape index (κ2) is 7.75. The molecule has 8 heteroatoms. The molecule has 2 aliphatic heterocycles. The van der Waals surface area contributed by atoms with Gasteiger partial charge in [-0.25, -0.2) is 8.42 Å². The van der Waals surface area contributed by atoms with Crippen LogP contribution in [-0.2, 0) is 19.6 Å². The first-order valence-corrected chi connectivity index (χ1v) is 10.5. The van der Waals surface area contributed by atoms with Crippen molar-refractivity contribution in [2.45, 2.75) is 43.0 Å². The molecule has 2 N–H and O–H groups in total. The molecule has 3 rings (SSSR count). The van der Waals surface area contributed by atoms with Crippen molar-refractivity contribution < 1.29 is 18.0 Å². The van der Waals surface area contributed by atoms with Gasteiger partial charge in [-0.3, -0.25) is 9.59 Å². The van der Waals surface area contributed by atoms with Gasteiger partial charge in [0.05, 0.1) is 4.90 Å². The molecular weight excluding hydrogens is 354 g/mol. The number of rotatable bonds is 4. The minimum Gasteiger partial charge on any atom is -0.369 e. The van der Waals surface area contributed by atoms with Crippen molar-refractivity contribution in [3.63, 3.8) is 0 Å². The van der Waals surface area contributed by atoms with E-state index in [-0.39, 0.29) is 22.6 Å². The number of piperidine rings is 2. The normalized spacial score (nSPS) is 22.9. The summed E-state index contributed by atoms with van der Waals surface area (Å²) in [6.07, 6.45) is 3.19. The Morgan fingerprint density at radius 1 is 0.962 bits per heavy atom. The van der Waals surface area contributed by atoms with E-state index in [1.165, 1.54) is 4.31 Å². The number of amides is 2. The molecule has 26 heavy (non-hydrogen) atoms. The van der Waals surface area contributed by atoms with Crippen molar-refractivity contribution in [2.75, 3.05) is 19.6 Å². The van der Waals surface area contributed by atoms with Crippen LogP contribution in [0.1, 0.15) is 32.1 Å². The Labute approximate surface area is 154 Å². The average molecular weight is 379 g/mol. The van der Waals surface area contributed by atoms with Gasteiger partial charge in [-0.1, -0.05) is 24.6 Å². The molecule has 2 saturated heterocycles. The first-order chi connectivity index (χ1) is 12.4. The van der Waals surface area contributed by atoms with Crippen LogP contribution in [0.4, 0.5) is 0 Å². The molecule has 0 saturated carbocycles. The molecule has 2 amide bonds. The Bertz CT molecular complexity index is 758. The monoisotopic (exact) mass is 379 g/mol. The standard InChI is InChI=1S/C18H25N3O4S/c19-17(22)14-9-12-20(13-10-14)18(23)16-8-4-5-11-21(16)26(24,25)15-6-2-1-3-7-15/h1-3,6-7,14,16H,4-5,8-13H2,(H2,19,22). The highest BCUT2D eigenvalue weighted by Gasteiger charge is 2.40. The lowest BCUT2D eigenvalue weighted by molar-refractivity contribution is -0.139. The summed E-state index contributed by atoms with van der Waals surface area (Å²) in [5.41, 5.74) is 5.35. The van der Waals surface area contributed by atoms with Crippen molar-refractivity contribution in [1.82, 2.24) is 9.21 Å². The maximum absolute atomic E-state index is 13.0. The summed E-state index contributed by atoms with van der Waals surface area (Å²) in [4.78, 5) is 26.2. The molecule has 1 unspecified atom stereocenters. The van der Waals surface area contributed by atoms with Crippen LogP contribution in [0.25, 0.3) is 0 Å². The molecule has 2 aliphatic rings. The van der Waals surface area contributed by atoms with Crippen LogP contribution in [0.3, 0.4) is 0 Å². The van der Waals surface area contributed by atoms with E-state index in [0.29, 0.717) is 38.9 Å². The van der Waals surface area contributed by atoms with Gasteiger partial charge in [0.15, 0.2) is 0 Å². The molecule has 1 atom stereocenters. The number of hydrogen-bond acceptors (Lipinski definition) is 4. The van der Waals surface area contributed by atoms with Crippen molar-refractivity contribution >= 4 is 21.8 Å². The highest BCUT2D eigenvalue weighted by Crippen LogP contribution is 2.28. The predicted octanol–water partition coefficient (Wildman–Crippen LogP) is 0.954. The fourth-order valence-electron chi connectivity index (χ4n) is 3.76. The molecule has 7 nitrogen and oxygen atoms in total. The zero-order valence-corrected chi connectivity index (χ0v) is 15.5. The van der Waals surface area contributed by atoms with E-state index in [2.05, 4.69) is 0 Å². The molecule has 0 bridgehead atoms. The number of benzene rings is 1. The topological polar surface area (TPSA) is 101 Å². The van der Waals surface area contributed by atoms with Crippen LogP contribution < -0.4 is 5.73 Å². The summed E-state index contributed by atoms with van der Waals surface area (Å²) in [7, 11) is -3.71. The summed E-state index contributed by atoms with van der Waals surface area (Å²) in [6, 6.07) is 7.58. The van der Waals surface area contributed by atoms with Gasteiger partial charge in [0.2, 0.25) is 21.8 Å². The second-order valence-corrected chi connectivity index (χ2v) is 8.83. The SMILES string of the molecule is NC(=O)C1CCN(C(=O)C2CCCCN2S(=O)(=O)c2ccccc2)CC1. The summed E-state index contributed by atoms with van der Waals surface area (Å²) < 4.78 is 27.4. The smallest absolute Gasteiger partial charge is 0.243 e. The summed E-state index contributed by atoms with van der Waals surface area (Å²) in [5.74, 6) is -0.690. The maximum Gasteiger partial charge on any atom is 0.243 e. The van der Waals surface area contributed by atoms with Gasteiger partial charge < -0.3 is 10.6 Å². The van der Waals surface area contributed by atoms with Crippen LogP contribution in [0.2, 0.25) is 0 Å². The van der Waals surface area contributed by atoms with Crippen molar-refractivity contribution in [3.05, 3.63) is 30.3 Å². The second-order valence-electron chi connectivity index (χ2n) is 6.94. The largest absolute Gasteiger partial charge is 0.369 e. The lowest BCUT2D eigenvalue weighted by Crippen LogP contribution is -2.54. The summed E-state index contributed by atoms with van der Waals surface area (Å²) in [6.45, 7) is 1.25. The van der Waals surface area contributed by atoms with Crippen LogP contribution >= 0.6 is 0 Å². The van der Waals surface area contributed by atoms with Gasteiger partial charge >= 0.3 is 0 Å². The Kier molecular flexibility index (Phi) is 5.62. The van der Waals surface area contributed by atoms with E-state index >= 15 is 0 Å². The maximum atomic E-state index is 13.0. The lowest BCUT2D eigenvalue weighted by Gasteiger charge is -2.38. The van der Waals surface area contributed by atoms with Crippen LogP contribution in [0, 0.1) is 5.92 Å². The van der Waals surface area contributed by atoms with Crippen molar-refractivity contribution in [2.24, 2.45) is 11.7 Å². The zero-order chi connectivity index (χ0) is 18.7. The summed E-state index contributed by atoms with van der Waals surface area (Å²) >= 11 is 0. The highest BCUT2D eigenvalue weighted by molar-refractivity contribution is 7.89. The van der Waals surface area contributed by atoms with E-state index in [9.17, 15) is 18.0 Å². The van der Waals surface area contributed by atoms with E-state index in [0.717, 1.165) is 12.8 Å². The number of nitrogens with two attached hydrogens (primary N) is 1. The van der Waals surface area contributed by atoms with E-state index < -0.39 is 16.1 Å². The summed E-state index contributed by atoms with van der Waals surface area (Å²) in [5, 5.41) is 0. The Hall–Kier alpha value is -1.93. The first kappa shape index (κ1) is 18.8. The first-order valence-electron chi connectivity index (χ1n) is 9.06. The van der Waals surface area contributed by atoms with E-state index in [1.54, 1.807) is 35.2 Å². The number of hydrogen-bond donors (Lipinski definition) is 1. The fraction of sp³-hybridized carbons (Fsp3) is 0.556. The van der Waals surface area contributed by atoms with Gasteiger partial charge in [-0.15, -0.1) is 0 Å². The van der Waals surface area contributed by atoms with Gasteiger partial charge in [-0.05, 0) is 37.8 Å². The van der Waals surface area contributed by atoms with Crippen molar-refractivity contribution in [3.8, 4) is 0 Å². The van der Waals surface area contributed by atoms with E-state index in [1.807, 2.05) is 0 Å². The predicted molar refractivity (Wildman–Crippen MR) is 96.5 cm³/mol. The Morgan fingerprint density at radius 3 is 2.23 bits per heavy atom. The van der Waals surface area contributed by atoms with Gasteiger partial charge in [0.25, 0.3) is 0 Å². The van der Waals surface area contributed by atoms with Crippen LogP contribution in [0.15, 0.2) is 35.2 Å². The quantitative estimate of drug-likeness (QED) is 0.842. The highest BCUT2D eigenvalue weighted by atomic mass is 32.2. The van der Waals surface area contributed by atoms with Crippen LogP contribution in [-0.4, -0.2) is 55.1 Å². The zero-order valence-electron chi connectivity index (χ0n) is 14.7. The molecule has 0 aromatic heterocycles. The Balaban J connectivity index is 1.77. The minimum atomic E-state index is -3.71. The lowest BCUT2D eigenvalue weighted by atomic mass is 9.95. The molecule has 1 aromatic rings. The minimum absolute atomic E-state index is 0.160. The van der Waals surface area contributed by atoms with Crippen LogP contribution in [0.5, 0.6) is 0 Å². The van der Waals surface area contributed by atoms with Gasteiger partial charge in [-0.2, -0.15) is 4.31 Å². The molecular formula is C18H25N3O4S. The number of carbonyl (C=O) groups is 2. The molecule has 142 valence electrons.